The van der Waals surface area contributed by atoms with Crippen LogP contribution in [0.3, 0.4) is 0 Å². The summed E-state index contributed by atoms with van der Waals surface area (Å²) in [6.07, 6.45) is 1.41. The van der Waals surface area contributed by atoms with Gasteiger partial charge in [-0.15, -0.1) is 12.4 Å². The lowest BCUT2D eigenvalue weighted by molar-refractivity contribution is -0.128. The first kappa shape index (κ1) is 19.7. The first-order valence-corrected chi connectivity index (χ1v) is 7.94. The Kier molecular flexibility index (Phi) is 7.32. The third-order valence-electron chi connectivity index (χ3n) is 4.22. The van der Waals surface area contributed by atoms with E-state index in [1.165, 1.54) is 0 Å². The van der Waals surface area contributed by atoms with E-state index < -0.39 is 12.1 Å². The molecule has 1 aromatic carbocycles. The van der Waals surface area contributed by atoms with E-state index in [2.05, 4.69) is 5.32 Å². The van der Waals surface area contributed by atoms with Crippen molar-refractivity contribution in [3.05, 3.63) is 29.3 Å². The van der Waals surface area contributed by atoms with Crippen LogP contribution in [0.15, 0.2) is 24.3 Å². The van der Waals surface area contributed by atoms with E-state index in [0.29, 0.717) is 18.0 Å². The summed E-state index contributed by atoms with van der Waals surface area (Å²) in [5.74, 6) is -0.276. The Morgan fingerprint density at radius 1 is 1.43 bits per heavy atom. The Bertz CT molecular complexity index is 551. The van der Waals surface area contributed by atoms with Gasteiger partial charge >= 0.3 is 0 Å². The average Bonchev–Trinajstić information content (AvgIpc) is 2.87. The predicted molar refractivity (Wildman–Crippen MR) is 95.0 cm³/mol. The molecule has 0 spiro atoms. The van der Waals surface area contributed by atoms with Gasteiger partial charge < -0.3 is 16.0 Å². The second-order valence-corrected chi connectivity index (χ2v) is 6.16. The summed E-state index contributed by atoms with van der Waals surface area (Å²) < 4.78 is 0. The quantitative estimate of drug-likeness (QED) is 0.847. The van der Waals surface area contributed by atoms with Gasteiger partial charge in [-0.2, -0.15) is 0 Å². The summed E-state index contributed by atoms with van der Waals surface area (Å²) >= 11 is 5.86. The maximum atomic E-state index is 12.4. The van der Waals surface area contributed by atoms with E-state index in [1.54, 1.807) is 29.2 Å². The van der Waals surface area contributed by atoms with Crippen molar-refractivity contribution in [3.8, 4) is 0 Å². The fourth-order valence-corrected chi connectivity index (χ4v) is 2.60. The molecule has 7 heteroatoms. The maximum absolute atomic E-state index is 12.4. The van der Waals surface area contributed by atoms with Gasteiger partial charge in [0.15, 0.2) is 0 Å². The van der Waals surface area contributed by atoms with E-state index in [0.717, 1.165) is 12.1 Å². The van der Waals surface area contributed by atoms with Gasteiger partial charge in [0.25, 0.3) is 0 Å². The molecule has 3 atom stereocenters. The number of benzene rings is 1. The van der Waals surface area contributed by atoms with Gasteiger partial charge in [-0.3, -0.25) is 9.59 Å². The Hall–Kier alpha value is -1.30. The number of anilines is 1. The van der Waals surface area contributed by atoms with E-state index in [1.807, 2.05) is 13.8 Å². The van der Waals surface area contributed by atoms with Crippen LogP contribution in [0.1, 0.15) is 26.7 Å². The van der Waals surface area contributed by atoms with Crippen molar-refractivity contribution in [1.29, 1.82) is 0 Å². The molecule has 1 aromatic rings. The average molecular weight is 360 g/mol. The molecule has 0 aromatic heterocycles. The molecule has 5 nitrogen and oxygen atoms in total. The predicted octanol–water partition coefficient (Wildman–Crippen LogP) is 2.36. The van der Waals surface area contributed by atoms with Crippen LogP contribution in [0.4, 0.5) is 5.69 Å². The number of hydrogen-bond donors (Lipinski definition) is 2. The summed E-state index contributed by atoms with van der Waals surface area (Å²) in [4.78, 5) is 26.2. The minimum atomic E-state index is -0.581. The van der Waals surface area contributed by atoms with Crippen LogP contribution in [-0.4, -0.2) is 30.4 Å². The van der Waals surface area contributed by atoms with E-state index >= 15 is 0 Å². The van der Waals surface area contributed by atoms with Crippen LogP contribution in [0.2, 0.25) is 5.02 Å². The Labute approximate surface area is 148 Å². The lowest BCUT2D eigenvalue weighted by Crippen LogP contribution is -2.50. The number of rotatable bonds is 5. The number of hydrogen-bond acceptors (Lipinski definition) is 3. The van der Waals surface area contributed by atoms with Crippen LogP contribution >= 0.6 is 24.0 Å². The normalized spacial score (nSPS) is 19.9. The highest BCUT2D eigenvalue weighted by Crippen LogP contribution is 2.23. The molecule has 3 unspecified atom stereocenters. The zero-order chi connectivity index (χ0) is 16.3. The SMILES string of the molecule is CCC(C)C(N)C(=O)NC1CCN(c2ccc(Cl)cc2)C1=O.Cl. The van der Waals surface area contributed by atoms with Crippen molar-refractivity contribution >= 4 is 41.5 Å². The molecule has 1 fully saturated rings. The molecule has 0 bridgehead atoms. The number of nitrogens with zero attached hydrogens (tertiary/aromatic N) is 1. The van der Waals surface area contributed by atoms with Gasteiger partial charge in [0.2, 0.25) is 11.8 Å². The largest absolute Gasteiger partial charge is 0.343 e. The number of halogens is 2. The molecular formula is C16H23Cl2N3O2. The lowest BCUT2D eigenvalue weighted by Gasteiger charge is -2.21. The molecule has 128 valence electrons. The monoisotopic (exact) mass is 359 g/mol. The fraction of sp³-hybridized carbons (Fsp3) is 0.500. The molecule has 1 aliphatic heterocycles. The van der Waals surface area contributed by atoms with Crippen molar-refractivity contribution in [2.24, 2.45) is 11.7 Å². The van der Waals surface area contributed by atoms with Gasteiger partial charge in [0.1, 0.15) is 6.04 Å². The number of amides is 2. The van der Waals surface area contributed by atoms with Crippen LogP contribution in [0.5, 0.6) is 0 Å². The van der Waals surface area contributed by atoms with Crippen molar-refractivity contribution < 1.29 is 9.59 Å². The highest BCUT2D eigenvalue weighted by Gasteiger charge is 2.34. The van der Waals surface area contributed by atoms with Crippen molar-refractivity contribution in [2.75, 3.05) is 11.4 Å². The maximum Gasteiger partial charge on any atom is 0.249 e. The van der Waals surface area contributed by atoms with Crippen molar-refractivity contribution in [2.45, 2.75) is 38.8 Å². The van der Waals surface area contributed by atoms with Crippen LogP contribution < -0.4 is 16.0 Å². The summed E-state index contributed by atoms with van der Waals surface area (Å²) in [6, 6.07) is 6.01. The zero-order valence-electron chi connectivity index (χ0n) is 13.3. The van der Waals surface area contributed by atoms with Gasteiger partial charge in [-0.05, 0) is 36.6 Å². The molecule has 1 aliphatic rings. The molecule has 2 rings (SSSR count). The summed E-state index contributed by atoms with van der Waals surface area (Å²) in [5.41, 5.74) is 6.69. The number of nitrogens with two attached hydrogens (primary N) is 1. The molecule has 1 heterocycles. The third-order valence-corrected chi connectivity index (χ3v) is 4.47. The molecule has 0 aliphatic carbocycles. The van der Waals surface area contributed by atoms with Crippen molar-refractivity contribution in [1.82, 2.24) is 5.32 Å². The topological polar surface area (TPSA) is 75.4 Å². The minimum absolute atomic E-state index is 0. The number of carbonyl (C=O) groups excluding carboxylic acids is 2. The summed E-state index contributed by atoms with van der Waals surface area (Å²) in [6.45, 7) is 4.49. The molecule has 23 heavy (non-hydrogen) atoms. The molecular weight excluding hydrogens is 337 g/mol. The summed E-state index contributed by atoms with van der Waals surface area (Å²) in [5, 5.41) is 3.40. The Morgan fingerprint density at radius 2 is 2.04 bits per heavy atom. The summed E-state index contributed by atoms with van der Waals surface area (Å²) in [7, 11) is 0. The highest BCUT2D eigenvalue weighted by molar-refractivity contribution is 6.30. The van der Waals surface area contributed by atoms with E-state index in [-0.39, 0.29) is 30.1 Å². The fourth-order valence-electron chi connectivity index (χ4n) is 2.47. The molecule has 1 saturated heterocycles. The molecule has 3 N–H and O–H groups in total. The van der Waals surface area contributed by atoms with Crippen LogP contribution in [-0.2, 0) is 9.59 Å². The van der Waals surface area contributed by atoms with E-state index in [4.69, 9.17) is 17.3 Å². The second-order valence-electron chi connectivity index (χ2n) is 5.73. The second kappa shape index (κ2) is 8.52. The molecule has 0 saturated carbocycles. The zero-order valence-corrected chi connectivity index (χ0v) is 14.9. The molecule has 2 amide bonds. The number of carbonyl (C=O) groups is 2. The lowest BCUT2D eigenvalue weighted by atomic mass is 9.99. The minimum Gasteiger partial charge on any atom is -0.343 e. The van der Waals surface area contributed by atoms with Gasteiger partial charge in [0, 0.05) is 17.3 Å². The Morgan fingerprint density at radius 3 is 2.61 bits per heavy atom. The van der Waals surface area contributed by atoms with E-state index in [9.17, 15) is 9.59 Å². The standard InChI is InChI=1S/C16H22ClN3O2.ClH/c1-3-10(2)14(18)15(21)19-13-8-9-20(16(13)22)12-6-4-11(17)5-7-12;/h4-7,10,13-14H,3,8-9,18H2,1-2H3,(H,19,21);1H. The van der Waals surface area contributed by atoms with Crippen LogP contribution in [0.25, 0.3) is 0 Å². The van der Waals surface area contributed by atoms with Gasteiger partial charge in [-0.1, -0.05) is 31.9 Å². The Balaban J connectivity index is 0.00000264. The number of nitrogens with one attached hydrogen (secondary N) is 1. The third kappa shape index (κ3) is 4.59. The van der Waals surface area contributed by atoms with Gasteiger partial charge in [0.05, 0.1) is 6.04 Å². The first-order valence-electron chi connectivity index (χ1n) is 7.57. The van der Waals surface area contributed by atoms with Gasteiger partial charge in [-0.25, -0.2) is 0 Å². The highest BCUT2D eigenvalue weighted by atomic mass is 35.5. The molecule has 0 radical (unpaired) electrons. The first-order chi connectivity index (χ1) is 10.4. The van der Waals surface area contributed by atoms with Crippen molar-refractivity contribution in [3.63, 3.8) is 0 Å². The smallest absolute Gasteiger partial charge is 0.249 e. The van der Waals surface area contributed by atoms with Crippen LogP contribution in [0, 0.1) is 5.92 Å².